The lowest BCUT2D eigenvalue weighted by molar-refractivity contribution is -0.145. The van der Waals surface area contributed by atoms with Crippen LogP contribution in [0.5, 0.6) is 0 Å². The minimum Gasteiger partial charge on any atom is -0.459 e. The zero-order chi connectivity index (χ0) is 26.4. The number of amides is 2. The summed E-state index contributed by atoms with van der Waals surface area (Å²) < 4.78 is 33.9. The van der Waals surface area contributed by atoms with E-state index in [0.29, 0.717) is 28.9 Å². The van der Waals surface area contributed by atoms with Gasteiger partial charge in [-0.05, 0) is 66.9 Å². The molecule has 37 heavy (non-hydrogen) atoms. The number of hydrogen-bond acceptors (Lipinski definition) is 6. The van der Waals surface area contributed by atoms with E-state index in [4.69, 9.17) is 27.6 Å². The average Bonchev–Trinajstić information content (AvgIpc) is 3.57. The van der Waals surface area contributed by atoms with Crippen molar-refractivity contribution in [1.29, 1.82) is 0 Å². The van der Waals surface area contributed by atoms with Crippen LogP contribution in [-0.4, -0.2) is 48.7 Å². The zero-order valence-corrected chi connectivity index (χ0v) is 22.0. The van der Waals surface area contributed by atoms with E-state index in [0.717, 1.165) is 18.4 Å². The van der Waals surface area contributed by atoms with Crippen molar-refractivity contribution in [1.82, 2.24) is 14.6 Å². The summed E-state index contributed by atoms with van der Waals surface area (Å²) in [6, 6.07) is 16.0. The summed E-state index contributed by atoms with van der Waals surface area (Å²) in [6.45, 7) is 1.12. The van der Waals surface area contributed by atoms with Gasteiger partial charge in [0.15, 0.2) is 0 Å². The van der Waals surface area contributed by atoms with Gasteiger partial charge in [-0.1, -0.05) is 35.3 Å². The van der Waals surface area contributed by atoms with Gasteiger partial charge in [0.05, 0.1) is 17.7 Å². The zero-order valence-electron chi connectivity index (χ0n) is 19.6. The van der Waals surface area contributed by atoms with Gasteiger partial charge in [-0.2, -0.15) is 9.41 Å². The molecule has 2 aromatic carbocycles. The lowest BCUT2D eigenvalue weighted by Crippen LogP contribution is -2.39. The van der Waals surface area contributed by atoms with Crippen molar-refractivity contribution in [2.45, 2.75) is 30.8 Å². The van der Waals surface area contributed by atoms with Crippen molar-refractivity contribution >= 4 is 51.3 Å². The third-order valence-electron chi connectivity index (χ3n) is 5.68. The van der Waals surface area contributed by atoms with Crippen LogP contribution in [0.1, 0.15) is 29.9 Å². The molecule has 0 bridgehead atoms. The Morgan fingerprint density at radius 2 is 1.57 bits per heavy atom. The molecule has 1 aliphatic rings. The average molecular weight is 563 g/mol. The van der Waals surface area contributed by atoms with Crippen LogP contribution in [0.2, 0.25) is 10.0 Å². The van der Waals surface area contributed by atoms with E-state index >= 15 is 0 Å². The van der Waals surface area contributed by atoms with E-state index in [2.05, 4.69) is 10.5 Å². The maximum atomic E-state index is 13.5. The molecule has 194 valence electrons. The summed E-state index contributed by atoms with van der Waals surface area (Å²) in [4.78, 5) is 25.6. The molecule has 12 heteroatoms. The van der Waals surface area contributed by atoms with Crippen LogP contribution in [0.4, 0.5) is 0 Å². The summed E-state index contributed by atoms with van der Waals surface area (Å²) in [7, 11) is -3.91. The first kappa shape index (κ1) is 26.9. The molecule has 0 unspecified atom stereocenters. The number of nitrogens with one attached hydrogen (secondary N) is 1. The van der Waals surface area contributed by atoms with Crippen molar-refractivity contribution in [3.63, 3.8) is 0 Å². The van der Waals surface area contributed by atoms with Crippen molar-refractivity contribution < 1.29 is 22.4 Å². The van der Waals surface area contributed by atoms with Gasteiger partial charge in [0.2, 0.25) is 10.0 Å². The first-order chi connectivity index (χ1) is 17.7. The summed E-state index contributed by atoms with van der Waals surface area (Å²) >= 11 is 11.9. The van der Waals surface area contributed by atoms with Crippen LogP contribution in [0.3, 0.4) is 0 Å². The van der Waals surface area contributed by atoms with Crippen molar-refractivity contribution in [3.05, 3.63) is 87.8 Å². The fraction of sp³-hybridized carbons (Fsp3) is 0.240. The van der Waals surface area contributed by atoms with Crippen molar-refractivity contribution in [2.75, 3.05) is 13.1 Å². The van der Waals surface area contributed by atoms with Crippen LogP contribution in [0.25, 0.3) is 0 Å². The van der Waals surface area contributed by atoms with Crippen LogP contribution in [0.15, 0.2) is 75.1 Å². The number of carbonyl (C=O) groups excluding carboxylic acids is 2. The van der Waals surface area contributed by atoms with Gasteiger partial charge in [0.25, 0.3) is 0 Å². The number of halogens is 2. The topological polar surface area (TPSA) is 112 Å². The second-order valence-corrected chi connectivity index (χ2v) is 11.2. The summed E-state index contributed by atoms with van der Waals surface area (Å²) in [5.41, 5.74) is 2.93. The van der Waals surface area contributed by atoms with Gasteiger partial charge < -0.3 is 9.32 Å². The van der Waals surface area contributed by atoms with E-state index < -0.39 is 21.8 Å². The maximum absolute atomic E-state index is 13.5. The minimum atomic E-state index is -3.91. The smallest absolute Gasteiger partial charge is 0.329 e. The molecule has 0 spiro atoms. The molecule has 2 heterocycles. The van der Waals surface area contributed by atoms with Crippen LogP contribution < -0.4 is 5.43 Å². The highest BCUT2D eigenvalue weighted by molar-refractivity contribution is 7.89. The number of likely N-dealkylation sites (tertiary alicyclic amines) is 1. The van der Waals surface area contributed by atoms with E-state index in [9.17, 15) is 18.0 Å². The van der Waals surface area contributed by atoms with Gasteiger partial charge in [0.1, 0.15) is 11.5 Å². The number of nitrogens with zero attached hydrogens (tertiary/aromatic N) is 3. The standard InChI is InChI=1S/C25H24Cl2N4O5S/c26-19-5-3-18(4-6-19)16-31(37(34,35)23-11-7-20(27)8-12-23)17-22-10-9-21(36-22)15-28-29-24(32)25(33)30-13-1-2-14-30/h3-12,15H,1-2,13-14,16-17H2,(H,29,32)/b28-15+. The molecule has 4 rings (SSSR count). The van der Waals surface area contributed by atoms with Crippen LogP contribution >= 0.6 is 23.2 Å². The Labute approximate surface area is 224 Å². The largest absolute Gasteiger partial charge is 0.459 e. The maximum Gasteiger partial charge on any atom is 0.329 e. The fourth-order valence-corrected chi connectivity index (χ4v) is 5.41. The Morgan fingerprint density at radius 3 is 2.22 bits per heavy atom. The Hall–Kier alpha value is -3.18. The van der Waals surface area contributed by atoms with Gasteiger partial charge in [-0.25, -0.2) is 13.8 Å². The summed E-state index contributed by atoms with van der Waals surface area (Å²) in [6.07, 6.45) is 3.00. The lowest BCUT2D eigenvalue weighted by Gasteiger charge is -2.21. The van der Waals surface area contributed by atoms with E-state index in [1.54, 1.807) is 36.4 Å². The van der Waals surface area contributed by atoms with Gasteiger partial charge in [-0.3, -0.25) is 9.59 Å². The molecule has 3 aromatic rings. The number of rotatable bonds is 8. The minimum absolute atomic E-state index is 0.0682. The van der Waals surface area contributed by atoms with E-state index in [-0.39, 0.29) is 23.7 Å². The van der Waals surface area contributed by atoms with E-state index in [1.165, 1.54) is 39.7 Å². The van der Waals surface area contributed by atoms with E-state index in [1.807, 2.05) is 0 Å². The molecule has 0 radical (unpaired) electrons. The number of hydrazone groups is 1. The predicted octanol–water partition coefficient (Wildman–Crippen LogP) is 4.05. The Kier molecular flexibility index (Phi) is 8.65. The Balaban J connectivity index is 1.47. The number of furan rings is 1. The van der Waals surface area contributed by atoms with Crippen molar-refractivity contribution in [2.24, 2.45) is 5.10 Å². The Bertz CT molecular complexity index is 1380. The molecule has 1 aliphatic heterocycles. The molecule has 9 nitrogen and oxygen atoms in total. The lowest BCUT2D eigenvalue weighted by atomic mass is 10.2. The van der Waals surface area contributed by atoms with Crippen LogP contribution in [0, 0.1) is 0 Å². The first-order valence-electron chi connectivity index (χ1n) is 11.4. The summed E-state index contributed by atoms with van der Waals surface area (Å²) in [5.74, 6) is -0.820. The first-order valence-corrected chi connectivity index (χ1v) is 13.6. The van der Waals surface area contributed by atoms with Crippen LogP contribution in [-0.2, 0) is 32.7 Å². The fourth-order valence-electron chi connectivity index (χ4n) is 3.76. The number of hydrogen-bond donors (Lipinski definition) is 1. The molecule has 1 fully saturated rings. The molecule has 0 saturated carbocycles. The molecule has 0 atom stereocenters. The van der Waals surface area contributed by atoms with Gasteiger partial charge in [0, 0.05) is 29.7 Å². The molecular weight excluding hydrogens is 539 g/mol. The quantitative estimate of drug-likeness (QED) is 0.253. The summed E-state index contributed by atoms with van der Waals surface area (Å²) in [5, 5.41) is 4.75. The molecule has 1 aromatic heterocycles. The SMILES string of the molecule is O=C(N/N=C/c1ccc(CN(Cc2ccc(Cl)cc2)S(=O)(=O)c2ccc(Cl)cc2)o1)C(=O)N1CCCC1. The molecule has 0 aliphatic carbocycles. The number of carbonyl (C=O) groups is 2. The second-order valence-electron chi connectivity index (χ2n) is 8.36. The Morgan fingerprint density at radius 1 is 0.946 bits per heavy atom. The van der Waals surface area contributed by atoms with Gasteiger partial charge >= 0.3 is 11.8 Å². The highest BCUT2D eigenvalue weighted by Gasteiger charge is 2.26. The third kappa shape index (κ3) is 6.98. The second kappa shape index (κ2) is 11.9. The highest BCUT2D eigenvalue weighted by Crippen LogP contribution is 2.24. The molecule has 1 saturated heterocycles. The highest BCUT2D eigenvalue weighted by atomic mass is 35.5. The molecular formula is C25H24Cl2N4O5S. The molecule has 2 amide bonds. The third-order valence-corrected chi connectivity index (χ3v) is 7.99. The monoisotopic (exact) mass is 562 g/mol. The number of sulfonamides is 1. The normalized spacial score (nSPS) is 14.0. The van der Waals surface area contributed by atoms with Gasteiger partial charge in [-0.15, -0.1) is 0 Å². The predicted molar refractivity (Wildman–Crippen MR) is 140 cm³/mol. The van der Waals surface area contributed by atoms with Crippen molar-refractivity contribution in [3.8, 4) is 0 Å². The number of benzene rings is 2. The molecule has 1 N–H and O–H groups in total.